The number of fused-ring (bicyclic) bond motifs is 1. The number of likely N-dealkylation sites (tertiary alicyclic amines) is 1. The summed E-state index contributed by atoms with van der Waals surface area (Å²) in [5.41, 5.74) is 1.09. The van der Waals surface area contributed by atoms with E-state index in [2.05, 4.69) is 29.2 Å². The minimum Gasteiger partial charge on any atom is -0.497 e. The first-order valence-electron chi connectivity index (χ1n) is 8.55. The van der Waals surface area contributed by atoms with E-state index in [0.29, 0.717) is 0 Å². The van der Waals surface area contributed by atoms with Gasteiger partial charge in [0, 0.05) is 13.1 Å². The molecule has 1 amide bonds. The van der Waals surface area contributed by atoms with E-state index in [-0.39, 0.29) is 11.8 Å². The molecule has 0 aromatic heterocycles. The SMILES string of the molecule is COc1ccc2cc([C@H](C)C(=O)N3CCCCCC3)ccc2c1. The molecule has 2 aromatic carbocycles. The Balaban J connectivity index is 1.82. The molecule has 1 aliphatic heterocycles. The van der Waals surface area contributed by atoms with E-state index in [1.54, 1.807) is 7.11 Å². The van der Waals surface area contributed by atoms with Gasteiger partial charge in [-0.2, -0.15) is 0 Å². The fourth-order valence-corrected chi connectivity index (χ4v) is 3.35. The molecule has 0 bridgehead atoms. The molecule has 3 nitrogen and oxygen atoms in total. The molecule has 3 heteroatoms. The van der Waals surface area contributed by atoms with Crippen molar-refractivity contribution in [2.24, 2.45) is 0 Å². The molecule has 0 aliphatic carbocycles. The van der Waals surface area contributed by atoms with Crippen molar-refractivity contribution in [2.75, 3.05) is 20.2 Å². The fraction of sp³-hybridized carbons (Fsp3) is 0.450. The molecule has 1 saturated heterocycles. The maximum Gasteiger partial charge on any atom is 0.229 e. The maximum absolute atomic E-state index is 12.8. The third-order valence-electron chi connectivity index (χ3n) is 4.86. The standard InChI is InChI=1S/C20H25NO2/c1-15(20(22)21-11-5-3-4-6-12-21)16-7-8-18-14-19(23-2)10-9-17(18)13-16/h7-10,13-15H,3-6,11-12H2,1-2H3/t15-/m0/s1. The molecule has 1 fully saturated rings. The Hall–Kier alpha value is -2.03. The Morgan fingerprint density at radius 2 is 1.65 bits per heavy atom. The second-order valence-electron chi connectivity index (χ2n) is 6.43. The number of amides is 1. The van der Waals surface area contributed by atoms with Crippen LogP contribution in [-0.2, 0) is 4.79 Å². The van der Waals surface area contributed by atoms with Crippen molar-refractivity contribution in [1.29, 1.82) is 0 Å². The van der Waals surface area contributed by atoms with Crippen molar-refractivity contribution >= 4 is 16.7 Å². The Morgan fingerprint density at radius 3 is 2.35 bits per heavy atom. The first-order valence-corrected chi connectivity index (χ1v) is 8.55. The van der Waals surface area contributed by atoms with Crippen LogP contribution in [0.3, 0.4) is 0 Å². The number of benzene rings is 2. The first-order chi connectivity index (χ1) is 11.2. The summed E-state index contributed by atoms with van der Waals surface area (Å²) in [5, 5.41) is 2.29. The quantitative estimate of drug-likeness (QED) is 0.843. The molecule has 1 atom stereocenters. The number of hydrogen-bond donors (Lipinski definition) is 0. The lowest BCUT2D eigenvalue weighted by Gasteiger charge is -2.24. The van der Waals surface area contributed by atoms with Gasteiger partial charge in [0.2, 0.25) is 5.91 Å². The average molecular weight is 311 g/mol. The highest BCUT2D eigenvalue weighted by molar-refractivity contribution is 5.88. The summed E-state index contributed by atoms with van der Waals surface area (Å²) in [5.74, 6) is 1.04. The highest BCUT2D eigenvalue weighted by atomic mass is 16.5. The van der Waals surface area contributed by atoms with Crippen LogP contribution in [0, 0.1) is 0 Å². The molecule has 1 aliphatic rings. The molecular formula is C20H25NO2. The van der Waals surface area contributed by atoms with Gasteiger partial charge in [-0.05, 0) is 48.2 Å². The number of carbonyl (C=O) groups is 1. The predicted molar refractivity (Wildman–Crippen MR) is 94.0 cm³/mol. The van der Waals surface area contributed by atoms with E-state index < -0.39 is 0 Å². The van der Waals surface area contributed by atoms with Crippen LogP contribution in [0.25, 0.3) is 10.8 Å². The molecule has 0 unspecified atom stereocenters. The maximum atomic E-state index is 12.8. The molecule has 3 rings (SSSR count). The fourth-order valence-electron chi connectivity index (χ4n) is 3.35. The first kappa shape index (κ1) is 15.9. The van der Waals surface area contributed by atoms with E-state index in [0.717, 1.165) is 48.0 Å². The van der Waals surface area contributed by atoms with E-state index in [4.69, 9.17) is 4.74 Å². The van der Waals surface area contributed by atoms with E-state index in [1.807, 2.05) is 19.1 Å². The third-order valence-corrected chi connectivity index (χ3v) is 4.86. The second-order valence-corrected chi connectivity index (χ2v) is 6.43. The molecule has 1 heterocycles. The van der Waals surface area contributed by atoms with Gasteiger partial charge in [-0.3, -0.25) is 4.79 Å². The molecule has 0 N–H and O–H groups in total. The lowest BCUT2D eigenvalue weighted by atomic mass is 9.96. The zero-order chi connectivity index (χ0) is 16.2. The van der Waals surface area contributed by atoms with Gasteiger partial charge in [-0.25, -0.2) is 0 Å². The van der Waals surface area contributed by atoms with Crippen molar-refractivity contribution in [1.82, 2.24) is 4.90 Å². The molecule has 0 saturated carbocycles. The monoisotopic (exact) mass is 311 g/mol. The van der Waals surface area contributed by atoms with E-state index in [9.17, 15) is 4.79 Å². The molecule has 2 aromatic rings. The third kappa shape index (κ3) is 3.49. The number of ether oxygens (including phenoxy) is 1. The average Bonchev–Trinajstić information content (AvgIpc) is 2.88. The van der Waals surface area contributed by atoms with Gasteiger partial charge in [0.05, 0.1) is 13.0 Å². The van der Waals surface area contributed by atoms with Crippen LogP contribution in [0.5, 0.6) is 5.75 Å². The van der Waals surface area contributed by atoms with Crippen LogP contribution < -0.4 is 4.74 Å². The summed E-state index contributed by atoms with van der Waals surface area (Å²) in [6.45, 7) is 3.85. The van der Waals surface area contributed by atoms with Gasteiger partial charge >= 0.3 is 0 Å². The Morgan fingerprint density at radius 1 is 1.00 bits per heavy atom. The number of carbonyl (C=O) groups excluding carboxylic acids is 1. The van der Waals surface area contributed by atoms with Gasteiger partial charge in [-0.15, -0.1) is 0 Å². The van der Waals surface area contributed by atoms with Crippen LogP contribution in [-0.4, -0.2) is 31.0 Å². The van der Waals surface area contributed by atoms with Crippen molar-refractivity contribution in [3.63, 3.8) is 0 Å². The zero-order valence-electron chi connectivity index (χ0n) is 14.0. The summed E-state index contributed by atoms with van der Waals surface area (Å²) in [6, 6.07) is 12.3. The summed E-state index contributed by atoms with van der Waals surface area (Å²) in [6.07, 6.45) is 4.76. The van der Waals surface area contributed by atoms with E-state index in [1.165, 1.54) is 12.8 Å². The largest absolute Gasteiger partial charge is 0.497 e. The van der Waals surface area contributed by atoms with Crippen LogP contribution in [0.1, 0.15) is 44.1 Å². The summed E-state index contributed by atoms with van der Waals surface area (Å²) in [4.78, 5) is 14.8. The lowest BCUT2D eigenvalue weighted by Crippen LogP contribution is -2.35. The van der Waals surface area contributed by atoms with Crippen LogP contribution in [0.15, 0.2) is 36.4 Å². The second kappa shape index (κ2) is 7.03. The Kier molecular flexibility index (Phi) is 4.85. The predicted octanol–water partition coefficient (Wildman–Crippen LogP) is 4.35. The van der Waals surface area contributed by atoms with Gasteiger partial charge in [0.1, 0.15) is 5.75 Å². The Labute approximate surface area is 138 Å². The van der Waals surface area contributed by atoms with Gasteiger partial charge < -0.3 is 9.64 Å². The Bertz CT molecular complexity index is 687. The topological polar surface area (TPSA) is 29.5 Å². The number of hydrogen-bond acceptors (Lipinski definition) is 2. The van der Waals surface area contributed by atoms with E-state index >= 15 is 0 Å². The molecule has 122 valence electrons. The highest BCUT2D eigenvalue weighted by Gasteiger charge is 2.22. The van der Waals surface area contributed by atoms with Crippen LogP contribution >= 0.6 is 0 Å². The van der Waals surface area contributed by atoms with Gasteiger partial charge in [-0.1, -0.05) is 37.1 Å². The zero-order valence-corrected chi connectivity index (χ0v) is 14.0. The molecule has 0 radical (unpaired) electrons. The van der Waals surface area contributed by atoms with Crippen molar-refractivity contribution in [2.45, 2.75) is 38.5 Å². The van der Waals surface area contributed by atoms with Crippen LogP contribution in [0.4, 0.5) is 0 Å². The minimum atomic E-state index is -0.0837. The number of rotatable bonds is 3. The number of nitrogens with zero attached hydrogens (tertiary/aromatic N) is 1. The summed E-state index contributed by atoms with van der Waals surface area (Å²) in [7, 11) is 1.68. The number of methoxy groups -OCH3 is 1. The highest BCUT2D eigenvalue weighted by Crippen LogP contribution is 2.26. The normalized spacial score (nSPS) is 16.9. The minimum absolute atomic E-state index is 0.0837. The lowest BCUT2D eigenvalue weighted by molar-refractivity contribution is -0.132. The summed E-state index contributed by atoms with van der Waals surface area (Å²) < 4.78 is 5.27. The van der Waals surface area contributed by atoms with Crippen molar-refractivity contribution < 1.29 is 9.53 Å². The van der Waals surface area contributed by atoms with Crippen molar-refractivity contribution in [3.8, 4) is 5.75 Å². The smallest absolute Gasteiger partial charge is 0.229 e. The van der Waals surface area contributed by atoms with Gasteiger partial charge in [0.25, 0.3) is 0 Å². The molecule has 0 spiro atoms. The van der Waals surface area contributed by atoms with Crippen LogP contribution in [0.2, 0.25) is 0 Å². The molecular weight excluding hydrogens is 286 g/mol. The van der Waals surface area contributed by atoms with Crippen molar-refractivity contribution in [3.05, 3.63) is 42.0 Å². The summed E-state index contributed by atoms with van der Waals surface area (Å²) >= 11 is 0. The molecule has 23 heavy (non-hydrogen) atoms. The van der Waals surface area contributed by atoms with Gasteiger partial charge in [0.15, 0.2) is 0 Å².